The minimum atomic E-state index is -0.429. The molecule has 7 nitrogen and oxygen atoms in total. The Balaban J connectivity index is 2.41. The van der Waals surface area contributed by atoms with E-state index in [1.807, 2.05) is 0 Å². The predicted molar refractivity (Wildman–Crippen MR) is 55.4 cm³/mol. The molecule has 1 fully saturated rings. The summed E-state index contributed by atoms with van der Waals surface area (Å²) in [6, 6.07) is -0.786. The molecule has 0 aromatic carbocycles. The van der Waals surface area contributed by atoms with Crippen LogP contribution in [-0.4, -0.2) is 55.5 Å². The van der Waals surface area contributed by atoms with Crippen molar-refractivity contribution < 1.29 is 19.7 Å². The molecule has 0 radical (unpaired) electrons. The number of nitrogens with zero attached hydrogens (tertiary/aromatic N) is 1. The third-order valence-corrected chi connectivity index (χ3v) is 2.45. The van der Waals surface area contributed by atoms with Crippen molar-refractivity contribution in [3.8, 4) is 0 Å². The van der Waals surface area contributed by atoms with Gasteiger partial charge in [-0.25, -0.2) is 4.79 Å². The van der Waals surface area contributed by atoms with Crippen molar-refractivity contribution in [2.75, 3.05) is 26.7 Å². The highest BCUT2D eigenvalue weighted by Crippen LogP contribution is 1.98. The Kier molecular flexibility index (Phi) is 4.24. The molecule has 90 valence electrons. The molecule has 0 aliphatic carbocycles. The molecule has 0 aromatic heterocycles. The van der Waals surface area contributed by atoms with E-state index in [1.165, 1.54) is 11.9 Å². The zero-order valence-corrected chi connectivity index (χ0v) is 9.45. The van der Waals surface area contributed by atoms with Crippen LogP contribution in [0.3, 0.4) is 0 Å². The molecule has 4 amide bonds. The largest absolute Gasteiger partial charge is 0.354 e. The number of carbonyl (C=O) groups excluding carboxylic acids is 3. The fourth-order valence-electron chi connectivity index (χ4n) is 1.41. The first-order valence-corrected chi connectivity index (χ1v) is 5.19. The summed E-state index contributed by atoms with van der Waals surface area (Å²) in [4.78, 5) is 35.1. The van der Waals surface area contributed by atoms with Crippen molar-refractivity contribution in [2.24, 2.45) is 0 Å². The van der Waals surface area contributed by atoms with Crippen molar-refractivity contribution in [2.45, 2.75) is 13.0 Å². The van der Waals surface area contributed by atoms with Crippen molar-refractivity contribution in [3.63, 3.8) is 0 Å². The molecule has 1 heterocycles. The third kappa shape index (κ3) is 2.93. The maximum atomic E-state index is 11.8. The quantitative estimate of drug-likeness (QED) is 0.487. The van der Waals surface area contributed by atoms with E-state index in [-0.39, 0.29) is 24.4 Å². The number of hydrogen-bond acceptors (Lipinski definition) is 3. The van der Waals surface area contributed by atoms with E-state index in [2.05, 4.69) is 10.6 Å². The molecule has 0 bridgehead atoms. The Morgan fingerprint density at radius 2 is 2.31 bits per heavy atom. The van der Waals surface area contributed by atoms with Gasteiger partial charge in [0.25, 0.3) is 11.8 Å². The van der Waals surface area contributed by atoms with Crippen LogP contribution in [0.15, 0.2) is 0 Å². The number of rotatable bonds is 4. The number of carbonyl (C=O) groups is 3. The minimum Gasteiger partial charge on any atom is -0.354 e. The summed E-state index contributed by atoms with van der Waals surface area (Å²) in [5, 5.41) is 6.62. The molecule has 4 N–H and O–H groups in total. The lowest BCUT2D eigenvalue weighted by atomic mass is 10.3. The summed E-state index contributed by atoms with van der Waals surface area (Å²) >= 11 is 0. The van der Waals surface area contributed by atoms with Gasteiger partial charge in [-0.05, 0) is 6.92 Å². The molecule has 1 atom stereocenters. The van der Waals surface area contributed by atoms with Gasteiger partial charge in [-0.2, -0.15) is 0 Å². The van der Waals surface area contributed by atoms with Gasteiger partial charge >= 0.3 is 6.03 Å². The number of nitrogens with one attached hydrogen (secondary N) is 2. The number of quaternary nitrogens is 1. The van der Waals surface area contributed by atoms with Gasteiger partial charge in [0.05, 0.1) is 0 Å². The zero-order valence-electron chi connectivity index (χ0n) is 9.45. The lowest BCUT2D eigenvalue weighted by Crippen LogP contribution is -2.93. The zero-order chi connectivity index (χ0) is 12.1. The second-order valence-corrected chi connectivity index (χ2v) is 3.62. The Morgan fingerprint density at radius 1 is 1.62 bits per heavy atom. The molecule has 1 aliphatic heterocycles. The Labute approximate surface area is 93.5 Å². The van der Waals surface area contributed by atoms with Crippen molar-refractivity contribution >= 4 is 17.8 Å². The summed E-state index contributed by atoms with van der Waals surface area (Å²) in [6.07, 6.45) is 0. The molecular weight excluding hydrogens is 212 g/mol. The van der Waals surface area contributed by atoms with Crippen molar-refractivity contribution in [3.05, 3.63) is 0 Å². The van der Waals surface area contributed by atoms with E-state index >= 15 is 0 Å². The Hall–Kier alpha value is -1.63. The molecule has 1 rings (SSSR count). The Bertz CT molecular complexity index is 305. The van der Waals surface area contributed by atoms with E-state index in [1.54, 1.807) is 12.2 Å². The van der Waals surface area contributed by atoms with Gasteiger partial charge in [0, 0.05) is 20.1 Å². The van der Waals surface area contributed by atoms with Gasteiger partial charge in [-0.3, -0.25) is 14.5 Å². The highest BCUT2D eigenvalue weighted by molar-refractivity contribution is 5.97. The summed E-state index contributed by atoms with van der Waals surface area (Å²) in [5.74, 6) is -0.413. The average Bonchev–Trinajstić information content (AvgIpc) is 2.70. The smallest absolute Gasteiger partial charge is 0.324 e. The molecular formula is C9H17N4O3+. The summed E-state index contributed by atoms with van der Waals surface area (Å²) in [7, 11) is 1.54. The molecule has 16 heavy (non-hydrogen) atoms. The second-order valence-electron chi connectivity index (χ2n) is 3.62. The van der Waals surface area contributed by atoms with Crippen LogP contribution in [0.2, 0.25) is 0 Å². The van der Waals surface area contributed by atoms with Gasteiger partial charge in [0.15, 0.2) is 12.6 Å². The maximum Gasteiger partial charge on any atom is 0.324 e. The molecule has 0 saturated carbocycles. The predicted octanol–water partition coefficient (Wildman–Crippen LogP) is -2.76. The highest BCUT2D eigenvalue weighted by atomic mass is 16.2. The number of amides is 4. The fraction of sp³-hybridized carbons (Fsp3) is 0.667. The monoisotopic (exact) mass is 229 g/mol. The summed E-state index contributed by atoms with van der Waals surface area (Å²) in [5.41, 5.74) is 0. The topological polar surface area (TPSA) is 95.1 Å². The van der Waals surface area contributed by atoms with Crippen LogP contribution in [0.4, 0.5) is 4.79 Å². The van der Waals surface area contributed by atoms with Gasteiger partial charge in [0.2, 0.25) is 0 Å². The van der Waals surface area contributed by atoms with Gasteiger partial charge in [-0.15, -0.1) is 0 Å². The minimum absolute atomic E-state index is 0.148. The first-order valence-electron chi connectivity index (χ1n) is 5.19. The fourth-order valence-corrected chi connectivity index (χ4v) is 1.41. The number of hydrogen-bond donors (Lipinski definition) is 3. The number of likely N-dealkylation sites (N-methyl/N-ethyl adjacent to an activating group) is 1. The van der Waals surface area contributed by atoms with Crippen LogP contribution in [0.25, 0.3) is 0 Å². The van der Waals surface area contributed by atoms with Crippen LogP contribution >= 0.6 is 0 Å². The van der Waals surface area contributed by atoms with Crippen LogP contribution in [0.1, 0.15) is 6.92 Å². The molecule has 0 unspecified atom stereocenters. The standard InChI is InChI=1S/C9H16N4O3/c1-6(12-5-7(14)10-2)8(15)13-4-3-11-9(13)16/h6,12H,3-5H2,1-2H3,(H,10,14)(H,11,16)/p+1/t6-/m0/s1. The lowest BCUT2D eigenvalue weighted by Gasteiger charge is -2.15. The van der Waals surface area contributed by atoms with Gasteiger partial charge in [0.1, 0.15) is 0 Å². The number of urea groups is 1. The number of nitrogens with two attached hydrogens (primary N) is 1. The van der Waals surface area contributed by atoms with E-state index in [0.29, 0.717) is 13.1 Å². The van der Waals surface area contributed by atoms with E-state index in [9.17, 15) is 14.4 Å². The SMILES string of the molecule is CNC(=O)C[NH2+][C@@H](C)C(=O)N1CCNC1=O. The van der Waals surface area contributed by atoms with Crippen LogP contribution in [0, 0.1) is 0 Å². The van der Waals surface area contributed by atoms with Gasteiger partial charge < -0.3 is 16.0 Å². The first kappa shape index (κ1) is 12.4. The van der Waals surface area contributed by atoms with Crippen molar-refractivity contribution in [1.29, 1.82) is 0 Å². The maximum absolute atomic E-state index is 11.8. The summed E-state index contributed by atoms with van der Waals surface area (Å²) < 4.78 is 0. The van der Waals surface area contributed by atoms with E-state index in [4.69, 9.17) is 0 Å². The lowest BCUT2D eigenvalue weighted by molar-refractivity contribution is -0.663. The molecule has 1 aliphatic rings. The van der Waals surface area contributed by atoms with Crippen molar-refractivity contribution in [1.82, 2.24) is 15.5 Å². The van der Waals surface area contributed by atoms with Crippen LogP contribution in [0.5, 0.6) is 0 Å². The molecule has 7 heteroatoms. The van der Waals surface area contributed by atoms with Crippen LogP contribution < -0.4 is 16.0 Å². The highest BCUT2D eigenvalue weighted by Gasteiger charge is 2.31. The van der Waals surface area contributed by atoms with E-state index in [0.717, 1.165) is 0 Å². The molecule has 0 spiro atoms. The van der Waals surface area contributed by atoms with Crippen LogP contribution in [-0.2, 0) is 9.59 Å². The Morgan fingerprint density at radius 3 is 2.81 bits per heavy atom. The third-order valence-electron chi connectivity index (χ3n) is 2.45. The molecule has 0 aromatic rings. The second kappa shape index (κ2) is 5.45. The normalized spacial score (nSPS) is 16.9. The van der Waals surface area contributed by atoms with Gasteiger partial charge in [-0.1, -0.05) is 0 Å². The first-order chi connectivity index (χ1) is 7.56. The van der Waals surface area contributed by atoms with E-state index < -0.39 is 6.04 Å². The molecule has 1 saturated heterocycles. The summed E-state index contributed by atoms with van der Waals surface area (Å²) in [6.45, 7) is 2.75. The number of imide groups is 1. The average molecular weight is 229 g/mol.